The van der Waals surface area contributed by atoms with E-state index in [0.29, 0.717) is 43.4 Å². The largest absolute Gasteiger partial charge is 0.494 e. The zero-order chi connectivity index (χ0) is 17.7. The number of likely N-dealkylation sites (tertiary alicyclic amines) is 1. The maximum atomic E-state index is 12.5. The van der Waals surface area contributed by atoms with Crippen LogP contribution in [0.15, 0.2) is 18.2 Å². The Kier molecular flexibility index (Phi) is 5.54. The van der Waals surface area contributed by atoms with Gasteiger partial charge in [0.25, 0.3) is 0 Å². The van der Waals surface area contributed by atoms with Gasteiger partial charge in [0, 0.05) is 19.2 Å². The minimum absolute atomic E-state index is 0.184. The van der Waals surface area contributed by atoms with Crippen molar-refractivity contribution in [2.24, 2.45) is 5.41 Å². The number of carboxylic acids is 1. The van der Waals surface area contributed by atoms with Gasteiger partial charge in [0.15, 0.2) is 0 Å². The van der Waals surface area contributed by atoms with E-state index >= 15 is 0 Å². The summed E-state index contributed by atoms with van der Waals surface area (Å²) >= 11 is 0. The highest BCUT2D eigenvalue weighted by Crippen LogP contribution is 2.33. The highest BCUT2D eigenvalue weighted by molar-refractivity contribution is 5.92. The van der Waals surface area contributed by atoms with E-state index in [-0.39, 0.29) is 12.6 Å². The molecule has 1 atom stereocenters. The number of anilines is 1. The molecule has 1 heterocycles. The fraction of sp³-hybridized carbons (Fsp3) is 0.529. The van der Waals surface area contributed by atoms with Crippen LogP contribution in [0.5, 0.6) is 11.5 Å². The molecule has 1 aromatic rings. The first kappa shape index (κ1) is 17.9. The van der Waals surface area contributed by atoms with E-state index in [2.05, 4.69) is 5.32 Å². The molecule has 1 aromatic carbocycles. The van der Waals surface area contributed by atoms with Gasteiger partial charge in [-0.3, -0.25) is 4.79 Å². The van der Waals surface area contributed by atoms with Crippen molar-refractivity contribution in [2.75, 3.05) is 31.6 Å². The van der Waals surface area contributed by atoms with Crippen LogP contribution in [0.4, 0.5) is 10.5 Å². The van der Waals surface area contributed by atoms with E-state index < -0.39 is 11.4 Å². The number of nitrogens with one attached hydrogen (secondary N) is 1. The molecule has 1 saturated heterocycles. The molecule has 0 aliphatic carbocycles. The predicted molar refractivity (Wildman–Crippen MR) is 89.7 cm³/mol. The summed E-state index contributed by atoms with van der Waals surface area (Å²) in [4.78, 5) is 25.3. The second kappa shape index (κ2) is 7.42. The Labute approximate surface area is 141 Å². The number of hydrogen-bond donors (Lipinski definition) is 2. The highest BCUT2D eigenvalue weighted by atomic mass is 16.5. The number of carbonyl (C=O) groups excluding carboxylic acids is 1. The van der Waals surface area contributed by atoms with Crippen molar-refractivity contribution in [3.05, 3.63) is 18.2 Å². The highest BCUT2D eigenvalue weighted by Gasteiger charge is 2.42. The maximum absolute atomic E-state index is 12.5. The second-order valence-corrected chi connectivity index (χ2v) is 5.99. The number of benzene rings is 1. The first-order valence-corrected chi connectivity index (χ1v) is 8.08. The SMILES string of the molecule is CCOc1ccc(OCC)c(NC(=O)N2CCC(C)(C(=O)O)C2)c1. The van der Waals surface area contributed by atoms with Crippen LogP contribution in [-0.2, 0) is 4.79 Å². The van der Waals surface area contributed by atoms with Crippen LogP contribution < -0.4 is 14.8 Å². The Balaban J connectivity index is 2.13. The third-order valence-electron chi connectivity index (χ3n) is 4.08. The van der Waals surface area contributed by atoms with E-state index in [9.17, 15) is 14.7 Å². The summed E-state index contributed by atoms with van der Waals surface area (Å²) in [5.74, 6) is 0.300. The molecule has 1 aliphatic rings. The Morgan fingerprint density at radius 1 is 1.29 bits per heavy atom. The van der Waals surface area contributed by atoms with Gasteiger partial charge in [-0.1, -0.05) is 0 Å². The lowest BCUT2D eigenvalue weighted by Gasteiger charge is -2.21. The Morgan fingerprint density at radius 3 is 2.58 bits per heavy atom. The van der Waals surface area contributed by atoms with Gasteiger partial charge >= 0.3 is 12.0 Å². The minimum atomic E-state index is -0.896. The van der Waals surface area contributed by atoms with Crippen molar-refractivity contribution in [3.8, 4) is 11.5 Å². The van der Waals surface area contributed by atoms with E-state index in [0.717, 1.165) is 0 Å². The zero-order valence-electron chi connectivity index (χ0n) is 14.3. The molecule has 2 rings (SSSR count). The summed E-state index contributed by atoms with van der Waals surface area (Å²) in [5, 5.41) is 12.1. The van der Waals surface area contributed by atoms with Crippen LogP contribution in [0.2, 0.25) is 0 Å². The fourth-order valence-corrected chi connectivity index (χ4v) is 2.65. The smallest absolute Gasteiger partial charge is 0.321 e. The fourth-order valence-electron chi connectivity index (χ4n) is 2.65. The van der Waals surface area contributed by atoms with Gasteiger partial charge in [0.05, 0.1) is 24.3 Å². The van der Waals surface area contributed by atoms with Crippen molar-refractivity contribution in [1.29, 1.82) is 0 Å². The number of hydrogen-bond acceptors (Lipinski definition) is 4. The molecule has 2 N–H and O–H groups in total. The normalized spacial score (nSPS) is 19.9. The monoisotopic (exact) mass is 336 g/mol. The maximum Gasteiger partial charge on any atom is 0.321 e. The molecule has 24 heavy (non-hydrogen) atoms. The molecule has 0 aromatic heterocycles. The van der Waals surface area contributed by atoms with Crippen molar-refractivity contribution in [3.63, 3.8) is 0 Å². The van der Waals surface area contributed by atoms with Crippen LogP contribution in [0.3, 0.4) is 0 Å². The Hall–Kier alpha value is -2.44. The lowest BCUT2D eigenvalue weighted by Crippen LogP contribution is -2.37. The van der Waals surface area contributed by atoms with E-state index in [1.807, 2.05) is 13.8 Å². The number of ether oxygens (including phenoxy) is 2. The summed E-state index contributed by atoms with van der Waals surface area (Å²) in [6.45, 7) is 6.98. The molecular formula is C17H24N2O5. The summed E-state index contributed by atoms with van der Waals surface area (Å²) in [5.41, 5.74) is -0.385. The van der Waals surface area contributed by atoms with Crippen LogP contribution >= 0.6 is 0 Å². The molecular weight excluding hydrogens is 312 g/mol. The first-order chi connectivity index (χ1) is 11.4. The molecule has 2 amide bonds. The van der Waals surface area contributed by atoms with Crippen LogP contribution in [0, 0.1) is 5.41 Å². The van der Waals surface area contributed by atoms with Crippen LogP contribution in [-0.4, -0.2) is 48.3 Å². The Bertz CT molecular complexity index is 619. The Morgan fingerprint density at radius 2 is 2.00 bits per heavy atom. The van der Waals surface area contributed by atoms with Crippen LogP contribution in [0.25, 0.3) is 0 Å². The molecule has 7 heteroatoms. The first-order valence-electron chi connectivity index (χ1n) is 8.08. The average molecular weight is 336 g/mol. The average Bonchev–Trinajstić information content (AvgIpc) is 2.94. The van der Waals surface area contributed by atoms with E-state index in [1.165, 1.54) is 4.90 Å². The molecule has 0 bridgehead atoms. The van der Waals surface area contributed by atoms with E-state index in [1.54, 1.807) is 25.1 Å². The summed E-state index contributed by atoms with van der Waals surface area (Å²) in [6, 6.07) is 4.89. The number of aliphatic carboxylic acids is 1. The van der Waals surface area contributed by atoms with Gasteiger partial charge in [-0.2, -0.15) is 0 Å². The lowest BCUT2D eigenvalue weighted by atomic mass is 9.90. The quantitative estimate of drug-likeness (QED) is 0.834. The molecule has 0 saturated carbocycles. The van der Waals surface area contributed by atoms with Gasteiger partial charge in [-0.05, 0) is 39.3 Å². The molecule has 1 fully saturated rings. The molecule has 0 spiro atoms. The van der Waals surface area contributed by atoms with Crippen molar-refractivity contribution < 1.29 is 24.2 Å². The van der Waals surface area contributed by atoms with Gasteiger partial charge in [0.1, 0.15) is 11.5 Å². The molecule has 1 unspecified atom stereocenters. The third-order valence-corrected chi connectivity index (χ3v) is 4.08. The van der Waals surface area contributed by atoms with E-state index in [4.69, 9.17) is 9.47 Å². The minimum Gasteiger partial charge on any atom is -0.494 e. The second-order valence-electron chi connectivity index (χ2n) is 5.99. The van der Waals surface area contributed by atoms with Crippen LogP contribution in [0.1, 0.15) is 27.2 Å². The number of amides is 2. The summed E-state index contributed by atoms with van der Waals surface area (Å²) in [6.07, 6.45) is 0.438. The van der Waals surface area contributed by atoms with Gasteiger partial charge in [0.2, 0.25) is 0 Å². The number of nitrogens with zero attached hydrogens (tertiary/aromatic N) is 1. The van der Waals surface area contributed by atoms with Crippen molar-refractivity contribution in [2.45, 2.75) is 27.2 Å². The molecule has 0 radical (unpaired) electrons. The molecule has 132 valence electrons. The number of carbonyl (C=O) groups is 2. The third kappa shape index (κ3) is 3.90. The van der Waals surface area contributed by atoms with Gasteiger partial charge in [-0.15, -0.1) is 0 Å². The summed E-state index contributed by atoms with van der Waals surface area (Å²) < 4.78 is 11.0. The number of rotatable bonds is 6. The van der Waals surface area contributed by atoms with Gasteiger partial charge < -0.3 is 24.8 Å². The zero-order valence-corrected chi connectivity index (χ0v) is 14.3. The summed E-state index contributed by atoms with van der Waals surface area (Å²) in [7, 11) is 0. The van der Waals surface area contributed by atoms with Crippen molar-refractivity contribution >= 4 is 17.7 Å². The van der Waals surface area contributed by atoms with Crippen molar-refractivity contribution in [1.82, 2.24) is 4.90 Å². The number of urea groups is 1. The standard InChI is InChI=1S/C17H24N2O5/c1-4-23-12-6-7-14(24-5-2)13(10-12)18-16(22)19-9-8-17(3,11-19)15(20)21/h6-7,10H,4-5,8-9,11H2,1-3H3,(H,18,22)(H,20,21). The van der Waals surface area contributed by atoms with Gasteiger partial charge in [-0.25, -0.2) is 4.79 Å². The predicted octanol–water partition coefficient (Wildman–Crippen LogP) is 2.81. The number of carboxylic acid groups (broad SMARTS) is 1. The topological polar surface area (TPSA) is 88.1 Å². The lowest BCUT2D eigenvalue weighted by molar-refractivity contribution is -0.146. The molecule has 7 nitrogen and oxygen atoms in total. The molecule has 1 aliphatic heterocycles.